The van der Waals surface area contributed by atoms with Gasteiger partial charge in [-0.3, -0.25) is 0 Å². The van der Waals surface area contributed by atoms with E-state index in [1.807, 2.05) is 0 Å². The van der Waals surface area contributed by atoms with Crippen molar-refractivity contribution in [3.8, 4) is 0 Å². The molecular weight excluding hydrogens is 162 g/mol. The molecule has 0 heterocycles. The van der Waals surface area contributed by atoms with Gasteiger partial charge in [0.1, 0.15) is 0 Å². The van der Waals surface area contributed by atoms with Crippen LogP contribution in [-0.4, -0.2) is 25.6 Å². The number of guanidine groups is 1. The summed E-state index contributed by atoms with van der Waals surface area (Å²) >= 11 is 0. The molecule has 0 spiro atoms. The van der Waals surface area contributed by atoms with Crippen LogP contribution >= 0.6 is 0 Å². The van der Waals surface area contributed by atoms with Crippen molar-refractivity contribution in [2.24, 2.45) is 4.99 Å². The lowest BCUT2D eigenvalue weighted by Crippen LogP contribution is -2.37. The van der Waals surface area contributed by atoms with Crippen molar-refractivity contribution in [2.45, 2.75) is 0 Å². The van der Waals surface area contributed by atoms with Gasteiger partial charge in [-0.2, -0.15) is 0 Å². The van der Waals surface area contributed by atoms with Crippen LogP contribution in [0.5, 0.6) is 0 Å². The van der Waals surface area contributed by atoms with Crippen LogP contribution in [0.3, 0.4) is 0 Å². The highest BCUT2D eigenvalue weighted by Gasteiger charge is 1.91. The van der Waals surface area contributed by atoms with Gasteiger partial charge < -0.3 is 10.6 Å². The van der Waals surface area contributed by atoms with Gasteiger partial charge in [-0.25, -0.2) is 4.99 Å². The van der Waals surface area contributed by atoms with Gasteiger partial charge in [0.05, 0.1) is 6.54 Å². The minimum atomic E-state index is 0.601. The number of rotatable bonds is 6. The highest BCUT2D eigenvalue weighted by atomic mass is 15.2. The van der Waals surface area contributed by atoms with Gasteiger partial charge in [0, 0.05) is 13.1 Å². The van der Waals surface area contributed by atoms with E-state index in [1.165, 1.54) is 0 Å². The fourth-order valence-corrected chi connectivity index (χ4v) is 0.668. The normalized spacial score (nSPS) is 8.31. The molecule has 0 unspecified atom stereocenters. The Labute approximate surface area is 79.9 Å². The number of hydrogen-bond acceptors (Lipinski definition) is 1. The van der Waals surface area contributed by atoms with E-state index >= 15 is 0 Å². The third-order valence-electron chi connectivity index (χ3n) is 1.21. The van der Waals surface area contributed by atoms with Crippen molar-refractivity contribution in [3.05, 3.63) is 38.0 Å². The predicted molar refractivity (Wildman–Crippen MR) is 58.9 cm³/mol. The third kappa shape index (κ3) is 6.87. The topological polar surface area (TPSA) is 36.4 Å². The zero-order valence-corrected chi connectivity index (χ0v) is 7.92. The van der Waals surface area contributed by atoms with Crippen LogP contribution < -0.4 is 10.6 Å². The van der Waals surface area contributed by atoms with Crippen LogP contribution in [-0.2, 0) is 0 Å². The molecule has 0 saturated carbocycles. The first-order chi connectivity index (χ1) is 6.35. The van der Waals surface area contributed by atoms with Crippen molar-refractivity contribution in [1.82, 2.24) is 10.6 Å². The number of aliphatic imine (C=N–C) groups is 1. The van der Waals surface area contributed by atoms with E-state index in [0.29, 0.717) is 19.6 Å². The fourth-order valence-electron chi connectivity index (χ4n) is 0.668. The quantitative estimate of drug-likeness (QED) is 0.363. The molecule has 0 amide bonds. The zero-order valence-electron chi connectivity index (χ0n) is 7.92. The number of nitrogens with zero attached hydrogens (tertiary/aromatic N) is 1. The smallest absolute Gasteiger partial charge is 0.192 e. The maximum atomic E-state index is 4.20. The second-order valence-corrected chi connectivity index (χ2v) is 2.32. The van der Waals surface area contributed by atoms with Gasteiger partial charge in [0.2, 0.25) is 0 Å². The van der Waals surface area contributed by atoms with E-state index < -0.39 is 0 Å². The molecule has 0 aliphatic rings. The molecule has 2 N–H and O–H groups in total. The molecule has 0 saturated heterocycles. The minimum absolute atomic E-state index is 0.601. The van der Waals surface area contributed by atoms with Crippen LogP contribution in [0.1, 0.15) is 0 Å². The SMILES string of the molecule is C=CCN=C(NCC=C)NCC=C. The van der Waals surface area contributed by atoms with Gasteiger partial charge in [-0.1, -0.05) is 18.2 Å². The van der Waals surface area contributed by atoms with E-state index in [2.05, 4.69) is 35.4 Å². The second kappa shape index (κ2) is 8.59. The summed E-state index contributed by atoms with van der Waals surface area (Å²) < 4.78 is 0. The molecule has 0 bridgehead atoms. The molecule has 0 aliphatic carbocycles. The monoisotopic (exact) mass is 179 g/mol. The second-order valence-electron chi connectivity index (χ2n) is 2.32. The molecule has 3 nitrogen and oxygen atoms in total. The third-order valence-corrected chi connectivity index (χ3v) is 1.21. The van der Waals surface area contributed by atoms with E-state index in [1.54, 1.807) is 18.2 Å². The van der Waals surface area contributed by atoms with Crippen molar-refractivity contribution < 1.29 is 0 Å². The maximum absolute atomic E-state index is 4.20. The molecule has 0 fully saturated rings. The molecule has 0 aromatic heterocycles. The first-order valence-corrected chi connectivity index (χ1v) is 4.20. The maximum Gasteiger partial charge on any atom is 0.192 e. The van der Waals surface area contributed by atoms with Crippen LogP contribution in [0.15, 0.2) is 43.0 Å². The largest absolute Gasteiger partial charge is 0.353 e. The average Bonchev–Trinajstić information content (AvgIpc) is 2.17. The Morgan fingerprint density at radius 3 is 1.92 bits per heavy atom. The summed E-state index contributed by atoms with van der Waals surface area (Å²) in [6.45, 7) is 12.8. The lowest BCUT2D eigenvalue weighted by molar-refractivity contribution is 0.905. The fraction of sp³-hybridized carbons (Fsp3) is 0.300. The number of nitrogens with one attached hydrogen (secondary N) is 2. The summed E-state index contributed by atoms with van der Waals surface area (Å²) in [5.41, 5.74) is 0. The molecule has 0 aromatic rings. The van der Waals surface area contributed by atoms with Crippen molar-refractivity contribution in [2.75, 3.05) is 19.6 Å². The molecule has 0 atom stereocenters. The molecule has 13 heavy (non-hydrogen) atoms. The summed E-state index contributed by atoms with van der Waals surface area (Å²) in [5, 5.41) is 6.13. The lowest BCUT2D eigenvalue weighted by Gasteiger charge is -2.08. The van der Waals surface area contributed by atoms with Crippen molar-refractivity contribution >= 4 is 5.96 Å². The minimum Gasteiger partial charge on any atom is -0.353 e. The van der Waals surface area contributed by atoms with Crippen molar-refractivity contribution in [1.29, 1.82) is 0 Å². The standard InChI is InChI=1S/C10H17N3/c1-4-7-11-10(12-8-5-2)13-9-6-3/h4-6H,1-3,7-9H2,(H2,11,12,13). The number of hydrogen-bond donors (Lipinski definition) is 2. The van der Waals surface area contributed by atoms with E-state index in [0.717, 1.165) is 5.96 Å². The van der Waals surface area contributed by atoms with E-state index in [-0.39, 0.29) is 0 Å². The van der Waals surface area contributed by atoms with Crippen LogP contribution in [0.25, 0.3) is 0 Å². The van der Waals surface area contributed by atoms with Crippen molar-refractivity contribution in [3.63, 3.8) is 0 Å². The highest BCUT2D eigenvalue weighted by molar-refractivity contribution is 5.80. The van der Waals surface area contributed by atoms with Gasteiger partial charge in [-0.15, -0.1) is 19.7 Å². The molecule has 0 radical (unpaired) electrons. The Morgan fingerprint density at radius 1 is 1.00 bits per heavy atom. The first-order valence-electron chi connectivity index (χ1n) is 4.20. The Kier molecular flexibility index (Phi) is 7.59. The Morgan fingerprint density at radius 2 is 1.54 bits per heavy atom. The summed E-state index contributed by atoms with van der Waals surface area (Å²) in [4.78, 5) is 4.20. The van der Waals surface area contributed by atoms with Gasteiger partial charge in [0.15, 0.2) is 5.96 Å². The molecule has 0 aromatic carbocycles. The zero-order chi connectivity index (χ0) is 9.94. The Bertz CT molecular complexity index is 180. The van der Waals surface area contributed by atoms with Crippen LogP contribution in [0, 0.1) is 0 Å². The summed E-state index contributed by atoms with van der Waals surface area (Å²) in [5.74, 6) is 0.750. The summed E-state index contributed by atoms with van der Waals surface area (Å²) in [7, 11) is 0. The van der Waals surface area contributed by atoms with Gasteiger partial charge in [0.25, 0.3) is 0 Å². The highest BCUT2D eigenvalue weighted by Crippen LogP contribution is 1.74. The lowest BCUT2D eigenvalue weighted by atomic mass is 10.5. The first kappa shape index (κ1) is 11.5. The van der Waals surface area contributed by atoms with E-state index in [4.69, 9.17) is 0 Å². The molecule has 0 rings (SSSR count). The average molecular weight is 179 g/mol. The molecular formula is C10H17N3. The predicted octanol–water partition coefficient (Wildman–Crippen LogP) is 1.08. The Hall–Kier alpha value is -1.51. The summed E-state index contributed by atoms with van der Waals surface area (Å²) in [6.07, 6.45) is 5.29. The summed E-state index contributed by atoms with van der Waals surface area (Å²) in [6, 6.07) is 0. The van der Waals surface area contributed by atoms with E-state index in [9.17, 15) is 0 Å². The van der Waals surface area contributed by atoms with Gasteiger partial charge >= 0.3 is 0 Å². The molecule has 0 aliphatic heterocycles. The van der Waals surface area contributed by atoms with Crippen LogP contribution in [0.4, 0.5) is 0 Å². The Balaban J connectivity index is 3.91. The van der Waals surface area contributed by atoms with Crippen LogP contribution in [0.2, 0.25) is 0 Å². The van der Waals surface area contributed by atoms with Gasteiger partial charge in [-0.05, 0) is 0 Å². The molecule has 3 heteroatoms. The molecule has 72 valence electrons.